The molecule has 0 fully saturated rings. The van der Waals surface area contributed by atoms with Gasteiger partial charge in [0.1, 0.15) is 6.04 Å². The van der Waals surface area contributed by atoms with Crippen molar-refractivity contribution in [2.24, 2.45) is 5.73 Å². The van der Waals surface area contributed by atoms with Gasteiger partial charge in [0.2, 0.25) is 0 Å². The maximum absolute atomic E-state index is 11.6. The van der Waals surface area contributed by atoms with Crippen molar-refractivity contribution in [3.05, 3.63) is 0 Å². The van der Waals surface area contributed by atoms with E-state index in [4.69, 9.17) is 10.8 Å². The van der Waals surface area contributed by atoms with E-state index < -0.39 is 12.0 Å². The van der Waals surface area contributed by atoms with E-state index in [1.54, 1.807) is 7.05 Å². The molecule has 0 bridgehead atoms. The minimum Gasteiger partial charge on any atom is -0.480 e. The summed E-state index contributed by atoms with van der Waals surface area (Å²) in [4.78, 5) is 25.6. The van der Waals surface area contributed by atoms with Crippen LogP contribution in [-0.2, 0) is 4.79 Å². The number of carbonyl (C=O) groups is 2. The Hall–Kier alpha value is -1.34. The average Bonchev–Trinajstić information content (AvgIpc) is 2.30. The number of carboxylic acid groups (broad SMARTS) is 1. The summed E-state index contributed by atoms with van der Waals surface area (Å²) in [6.45, 7) is 1.84. The highest BCUT2D eigenvalue weighted by Crippen LogP contribution is 1.93. The highest BCUT2D eigenvalue weighted by atomic mass is 16.4. The van der Waals surface area contributed by atoms with Crippen LogP contribution in [0.4, 0.5) is 4.79 Å². The first-order chi connectivity index (χ1) is 8.34. The molecule has 106 valence electrons. The Morgan fingerprint density at radius 1 is 1.28 bits per heavy atom. The lowest BCUT2D eigenvalue weighted by Crippen LogP contribution is -2.41. The summed E-state index contributed by atoms with van der Waals surface area (Å²) >= 11 is 0. The first-order valence-corrected chi connectivity index (χ1v) is 5.96. The molecular weight excluding hydrogens is 236 g/mol. The Bertz CT molecular complexity index is 271. The lowest BCUT2D eigenvalue weighted by Gasteiger charge is -2.19. The number of urea groups is 1. The molecule has 0 heterocycles. The third kappa shape index (κ3) is 7.86. The minimum atomic E-state index is -1.05. The van der Waals surface area contributed by atoms with Crippen molar-refractivity contribution in [2.75, 3.05) is 40.8 Å². The second-order valence-corrected chi connectivity index (χ2v) is 4.54. The first-order valence-electron chi connectivity index (χ1n) is 5.96. The minimum absolute atomic E-state index is 0.202. The number of aliphatic carboxylic acids is 1. The number of nitrogens with zero attached hydrogens (tertiary/aromatic N) is 2. The van der Waals surface area contributed by atoms with Crippen LogP contribution in [0.5, 0.6) is 0 Å². The number of rotatable bonds is 8. The Labute approximate surface area is 108 Å². The molecular formula is C11H24N4O3. The van der Waals surface area contributed by atoms with E-state index in [1.807, 2.05) is 19.0 Å². The van der Waals surface area contributed by atoms with Crippen molar-refractivity contribution in [3.8, 4) is 0 Å². The molecule has 7 heteroatoms. The molecule has 18 heavy (non-hydrogen) atoms. The fourth-order valence-corrected chi connectivity index (χ4v) is 1.28. The quantitative estimate of drug-likeness (QED) is 0.505. The van der Waals surface area contributed by atoms with Crippen molar-refractivity contribution in [3.63, 3.8) is 0 Å². The zero-order chi connectivity index (χ0) is 14.1. The van der Waals surface area contributed by atoms with Crippen LogP contribution in [0.15, 0.2) is 0 Å². The van der Waals surface area contributed by atoms with Gasteiger partial charge >= 0.3 is 12.0 Å². The Balaban J connectivity index is 3.73. The van der Waals surface area contributed by atoms with Crippen LogP contribution >= 0.6 is 0 Å². The summed E-state index contributed by atoms with van der Waals surface area (Å²) < 4.78 is 0. The summed E-state index contributed by atoms with van der Waals surface area (Å²) in [5, 5.41) is 11.4. The Morgan fingerprint density at radius 3 is 2.39 bits per heavy atom. The SMILES string of the molecule is CN(C)CCCNC(=O)N(C)CCC(N)C(=O)O. The topological polar surface area (TPSA) is 98.9 Å². The molecule has 4 N–H and O–H groups in total. The van der Waals surface area contributed by atoms with Crippen molar-refractivity contribution in [1.29, 1.82) is 0 Å². The van der Waals surface area contributed by atoms with E-state index in [9.17, 15) is 9.59 Å². The lowest BCUT2D eigenvalue weighted by molar-refractivity contribution is -0.138. The van der Waals surface area contributed by atoms with E-state index in [0.717, 1.165) is 13.0 Å². The summed E-state index contributed by atoms with van der Waals surface area (Å²) in [6, 6.07) is -1.12. The van der Waals surface area contributed by atoms with Gasteiger partial charge in [-0.15, -0.1) is 0 Å². The van der Waals surface area contributed by atoms with Crippen LogP contribution in [0.25, 0.3) is 0 Å². The molecule has 2 amide bonds. The lowest BCUT2D eigenvalue weighted by atomic mass is 10.2. The summed E-state index contributed by atoms with van der Waals surface area (Å²) in [6.07, 6.45) is 1.12. The van der Waals surface area contributed by atoms with E-state index in [0.29, 0.717) is 13.1 Å². The van der Waals surface area contributed by atoms with Crippen LogP contribution in [0.3, 0.4) is 0 Å². The summed E-state index contributed by atoms with van der Waals surface area (Å²) in [5.74, 6) is -1.05. The normalized spacial score (nSPS) is 12.3. The third-order valence-corrected chi connectivity index (χ3v) is 2.50. The zero-order valence-electron chi connectivity index (χ0n) is 11.3. The number of hydrogen-bond acceptors (Lipinski definition) is 4. The third-order valence-electron chi connectivity index (χ3n) is 2.50. The number of carboxylic acids is 1. The number of nitrogens with one attached hydrogen (secondary N) is 1. The molecule has 0 aliphatic carbocycles. The Morgan fingerprint density at radius 2 is 1.89 bits per heavy atom. The van der Waals surface area contributed by atoms with Crippen LogP contribution in [0, 0.1) is 0 Å². The van der Waals surface area contributed by atoms with E-state index >= 15 is 0 Å². The second-order valence-electron chi connectivity index (χ2n) is 4.54. The van der Waals surface area contributed by atoms with E-state index in [1.165, 1.54) is 4.90 Å². The average molecular weight is 260 g/mol. The molecule has 0 rings (SSSR count). The van der Waals surface area contributed by atoms with E-state index in [2.05, 4.69) is 5.32 Å². The molecule has 0 spiro atoms. The van der Waals surface area contributed by atoms with Gasteiger partial charge in [0.25, 0.3) is 0 Å². The smallest absolute Gasteiger partial charge is 0.320 e. The molecule has 1 atom stereocenters. The molecule has 0 aromatic rings. The van der Waals surface area contributed by atoms with Gasteiger partial charge in [-0.1, -0.05) is 0 Å². The fourth-order valence-electron chi connectivity index (χ4n) is 1.28. The zero-order valence-corrected chi connectivity index (χ0v) is 11.3. The number of amides is 2. The number of hydrogen-bond donors (Lipinski definition) is 3. The van der Waals surface area contributed by atoms with Gasteiger partial charge in [-0.25, -0.2) is 4.79 Å². The maximum Gasteiger partial charge on any atom is 0.320 e. The van der Waals surface area contributed by atoms with Gasteiger partial charge < -0.3 is 26.0 Å². The standard InChI is InChI=1S/C11H24N4O3/c1-14(2)7-4-6-13-11(18)15(3)8-5-9(12)10(16)17/h9H,4-8,12H2,1-3H3,(H,13,18)(H,16,17). The van der Waals surface area contributed by atoms with Gasteiger partial charge in [0.15, 0.2) is 0 Å². The first kappa shape index (κ1) is 16.7. The molecule has 0 saturated heterocycles. The van der Waals surface area contributed by atoms with Crippen LogP contribution in [-0.4, -0.2) is 73.7 Å². The van der Waals surface area contributed by atoms with Gasteiger partial charge in [-0.2, -0.15) is 0 Å². The van der Waals surface area contributed by atoms with Crippen molar-refractivity contribution in [2.45, 2.75) is 18.9 Å². The molecule has 7 nitrogen and oxygen atoms in total. The molecule has 0 aromatic carbocycles. The van der Waals surface area contributed by atoms with Crippen molar-refractivity contribution >= 4 is 12.0 Å². The molecule has 0 aromatic heterocycles. The largest absolute Gasteiger partial charge is 0.480 e. The fraction of sp³-hybridized carbons (Fsp3) is 0.818. The predicted molar refractivity (Wildman–Crippen MR) is 69.4 cm³/mol. The maximum atomic E-state index is 11.6. The molecule has 0 aliphatic heterocycles. The highest BCUT2D eigenvalue weighted by molar-refractivity contribution is 5.74. The predicted octanol–water partition coefficient (Wildman–Crippen LogP) is -0.618. The van der Waals surface area contributed by atoms with Gasteiger partial charge in [0.05, 0.1) is 0 Å². The van der Waals surface area contributed by atoms with Crippen molar-refractivity contribution in [1.82, 2.24) is 15.1 Å². The molecule has 0 aliphatic rings. The van der Waals surface area contributed by atoms with Crippen LogP contribution < -0.4 is 11.1 Å². The molecule has 1 unspecified atom stereocenters. The van der Waals surface area contributed by atoms with Gasteiger partial charge in [-0.3, -0.25) is 4.79 Å². The Kier molecular flexibility index (Phi) is 8.06. The number of nitrogens with two attached hydrogens (primary N) is 1. The van der Waals surface area contributed by atoms with Crippen LogP contribution in [0.2, 0.25) is 0 Å². The van der Waals surface area contributed by atoms with Gasteiger partial charge in [-0.05, 0) is 33.5 Å². The van der Waals surface area contributed by atoms with Crippen molar-refractivity contribution < 1.29 is 14.7 Å². The van der Waals surface area contributed by atoms with Gasteiger partial charge in [0, 0.05) is 20.1 Å². The monoisotopic (exact) mass is 260 g/mol. The number of carbonyl (C=O) groups excluding carboxylic acids is 1. The van der Waals surface area contributed by atoms with E-state index in [-0.39, 0.29) is 12.5 Å². The molecule has 0 radical (unpaired) electrons. The van der Waals surface area contributed by atoms with Crippen LogP contribution in [0.1, 0.15) is 12.8 Å². The molecule has 0 saturated carbocycles. The summed E-state index contributed by atoms with van der Waals surface area (Å²) in [5.41, 5.74) is 5.36. The summed E-state index contributed by atoms with van der Waals surface area (Å²) in [7, 11) is 5.57. The second kappa shape index (κ2) is 8.71. The highest BCUT2D eigenvalue weighted by Gasteiger charge is 2.14.